The van der Waals surface area contributed by atoms with E-state index in [1.807, 2.05) is 43.4 Å². The van der Waals surface area contributed by atoms with E-state index in [0.717, 1.165) is 21.9 Å². The monoisotopic (exact) mass is 372 g/mol. The van der Waals surface area contributed by atoms with Crippen LogP contribution in [0.2, 0.25) is 0 Å². The van der Waals surface area contributed by atoms with Crippen molar-refractivity contribution in [3.63, 3.8) is 0 Å². The van der Waals surface area contributed by atoms with Gasteiger partial charge in [0.15, 0.2) is 11.5 Å². The van der Waals surface area contributed by atoms with Gasteiger partial charge in [0, 0.05) is 24.1 Å². The van der Waals surface area contributed by atoms with Gasteiger partial charge in [-0.05, 0) is 18.2 Å². The Morgan fingerprint density at radius 2 is 1.82 bits per heavy atom. The summed E-state index contributed by atoms with van der Waals surface area (Å²) in [6.07, 6.45) is 3.47. The highest BCUT2D eigenvalue weighted by atomic mass is 16.5. The van der Waals surface area contributed by atoms with Crippen LogP contribution in [0, 0.1) is 0 Å². The maximum Gasteiger partial charge on any atom is 0.234 e. The van der Waals surface area contributed by atoms with Crippen molar-refractivity contribution < 1.29 is 9.47 Å². The van der Waals surface area contributed by atoms with Crippen LogP contribution < -0.4 is 9.47 Å². The molecule has 0 amide bonds. The third-order valence-corrected chi connectivity index (χ3v) is 4.54. The molecule has 8 heteroatoms. The first-order valence-corrected chi connectivity index (χ1v) is 8.67. The maximum absolute atomic E-state index is 6.10. The molecular weight excluding hydrogens is 356 g/mol. The van der Waals surface area contributed by atoms with Crippen LogP contribution >= 0.6 is 0 Å². The van der Waals surface area contributed by atoms with E-state index in [-0.39, 0.29) is 0 Å². The molecule has 138 valence electrons. The molecule has 5 aromatic rings. The van der Waals surface area contributed by atoms with Gasteiger partial charge >= 0.3 is 0 Å². The van der Waals surface area contributed by atoms with E-state index >= 15 is 0 Å². The zero-order valence-corrected chi connectivity index (χ0v) is 15.2. The van der Waals surface area contributed by atoms with Crippen LogP contribution in [0.15, 0.2) is 54.9 Å². The third kappa shape index (κ3) is 2.62. The number of hydrogen-bond acceptors (Lipinski definition) is 6. The molecule has 0 spiro atoms. The van der Waals surface area contributed by atoms with Crippen molar-refractivity contribution in [3.8, 4) is 28.8 Å². The molecule has 3 heterocycles. The molecule has 0 bridgehead atoms. The molecule has 0 aliphatic heterocycles. The Bertz CT molecular complexity index is 1310. The van der Waals surface area contributed by atoms with E-state index in [1.54, 1.807) is 30.3 Å². The highest BCUT2D eigenvalue weighted by Crippen LogP contribution is 2.33. The van der Waals surface area contributed by atoms with Crippen LogP contribution in [0.5, 0.6) is 17.4 Å². The summed E-state index contributed by atoms with van der Waals surface area (Å²) < 4.78 is 13.1. The lowest BCUT2D eigenvalue weighted by atomic mass is 10.1. The van der Waals surface area contributed by atoms with Gasteiger partial charge < -0.3 is 9.47 Å². The summed E-state index contributed by atoms with van der Waals surface area (Å²) in [4.78, 5) is 9.41. The number of ether oxygens (including phenoxy) is 2. The van der Waals surface area contributed by atoms with Crippen molar-refractivity contribution in [3.05, 3.63) is 54.9 Å². The minimum atomic E-state index is 0.432. The standard InChI is InChI=1S/C20H16N6O2/c1-26-19-16(11-22-26)20(28-13-6-3-5-12(9-13)27-2)24-18(23-19)14-7-4-8-17-15(14)10-21-25-17/h3-11H,1-2H3,(H,21,25). The van der Waals surface area contributed by atoms with Crippen LogP contribution in [-0.4, -0.2) is 37.1 Å². The summed E-state index contributed by atoms with van der Waals surface area (Å²) in [5.74, 6) is 2.30. The maximum atomic E-state index is 6.10. The van der Waals surface area contributed by atoms with Crippen LogP contribution in [0.1, 0.15) is 0 Å². The molecule has 0 saturated carbocycles. The highest BCUT2D eigenvalue weighted by molar-refractivity contribution is 5.93. The second-order valence-corrected chi connectivity index (χ2v) is 6.28. The van der Waals surface area contributed by atoms with Crippen molar-refractivity contribution in [1.29, 1.82) is 0 Å². The number of aromatic amines is 1. The normalized spacial score (nSPS) is 11.2. The molecule has 3 aromatic heterocycles. The predicted octanol–water partition coefficient (Wildman–Crippen LogP) is 3.71. The summed E-state index contributed by atoms with van der Waals surface area (Å²) in [5.41, 5.74) is 2.47. The van der Waals surface area contributed by atoms with Crippen molar-refractivity contribution in [2.45, 2.75) is 0 Å². The van der Waals surface area contributed by atoms with Gasteiger partial charge in [-0.25, -0.2) is 4.98 Å². The summed E-state index contributed by atoms with van der Waals surface area (Å²) >= 11 is 0. The molecular formula is C20H16N6O2. The lowest BCUT2D eigenvalue weighted by Gasteiger charge is -2.10. The predicted molar refractivity (Wildman–Crippen MR) is 104 cm³/mol. The Morgan fingerprint density at radius 1 is 0.964 bits per heavy atom. The lowest BCUT2D eigenvalue weighted by Crippen LogP contribution is -1.98. The first kappa shape index (κ1) is 16.2. The molecule has 8 nitrogen and oxygen atoms in total. The second-order valence-electron chi connectivity index (χ2n) is 6.28. The number of aromatic nitrogens is 6. The summed E-state index contributed by atoms with van der Waals surface area (Å²) in [7, 11) is 3.46. The van der Waals surface area contributed by atoms with E-state index < -0.39 is 0 Å². The number of H-pyrrole nitrogens is 1. The topological polar surface area (TPSA) is 90.7 Å². The van der Waals surface area contributed by atoms with Crippen LogP contribution in [0.3, 0.4) is 0 Å². The van der Waals surface area contributed by atoms with Crippen LogP contribution in [-0.2, 0) is 7.05 Å². The first-order valence-electron chi connectivity index (χ1n) is 8.67. The van der Waals surface area contributed by atoms with Crippen molar-refractivity contribution >= 4 is 21.9 Å². The molecule has 2 aromatic carbocycles. The van der Waals surface area contributed by atoms with Gasteiger partial charge in [0.1, 0.15) is 16.9 Å². The van der Waals surface area contributed by atoms with E-state index in [1.165, 1.54) is 0 Å². The summed E-state index contributed by atoms with van der Waals surface area (Å²) in [6.45, 7) is 0. The molecule has 0 atom stereocenters. The Morgan fingerprint density at radius 3 is 2.71 bits per heavy atom. The number of benzene rings is 2. The average molecular weight is 372 g/mol. The second kappa shape index (κ2) is 6.34. The van der Waals surface area contributed by atoms with Crippen LogP contribution in [0.4, 0.5) is 0 Å². The SMILES string of the molecule is COc1cccc(Oc2nc(-c3cccc4[nH]ncc34)nc3c2cnn3C)c1. The quantitative estimate of drug-likeness (QED) is 0.517. The molecule has 0 aliphatic carbocycles. The van der Waals surface area contributed by atoms with Gasteiger partial charge in [0.05, 0.1) is 25.0 Å². The van der Waals surface area contributed by atoms with E-state index in [9.17, 15) is 0 Å². The number of aryl methyl sites for hydroxylation is 1. The smallest absolute Gasteiger partial charge is 0.234 e. The summed E-state index contributed by atoms with van der Waals surface area (Å²) in [6, 6.07) is 13.2. The minimum Gasteiger partial charge on any atom is -0.497 e. The molecule has 5 rings (SSSR count). The van der Waals surface area contributed by atoms with Gasteiger partial charge in [-0.1, -0.05) is 18.2 Å². The zero-order valence-electron chi connectivity index (χ0n) is 15.2. The van der Waals surface area contributed by atoms with Crippen molar-refractivity contribution in [1.82, 2.24) is 29.9 Å². The average Bonchev–Trinajstić information content (AvgIpc) is 3.35. The first-order chi connectivity index (χ1) is 13.7. The fourth-order valence-electron chi connectivity index (χ4n) is 3.13. The van der Waals surface area contributed by atoms with E-state index in [2.05, 4.69) is 15.3 Å². The van der Waals surface area contributed by atoms with Gasteiger partial charge in [0.25, 0.3) is 0 Å². The van der Waals surface area contributed by atoms with Crippen molar-refractivity contribution in [2.75, 3.05) is 7.11 Å². The number of nitrogens with zero attached hydrogens (tertiary/aromatic N) is 5. The largest absolute Gasteiger partial charge is 0.497 e. The summed E-state index contributed by atoms with van der Waals surface area (Å²) in [5, 5.41) is 13.1. The molecule has 1 N–H and O–H groups in total. The van der Waals surface area contributed by atoms with Gasteiger partial charge in [-0.2, -0.15) is 15.2 Å². The highest BCUT2D eigenvalue weighted by Gasteiger charge is 2.16. The molecule has 0 saturated heterocycles. The van der Waals surface area contributed by atoms with E-state index in [4.69, 9.17) is 19.4 Å². The minimum absolute atomic E-state index is 0.432. The van der Waals surface area contributed by atoms with Crippen LogP contribution in [0.25, 0.3) is 33.3 Å². The Balaban J connectivity index is 1.69. The molecule has 0 fully saturated rings. The zero-order chi connectivity index (χ0) is 19.1. The fourth-order valence-corrected chi connectivity index (χ4v) is 3.13. The Hall–Kier alpha value is -3.94. The van der Waals surface area contributed by atoms with Gasteiger partial charge in [0.2, 0.25) is 5.88 Å². The number of hydrogen-bond donors (Lipinski definition) is 1. The van der Waals surface area contributed by atoms with Gasteiger partial charge in [-0.3, -0.25) is 9.78 Å². The van der Waals surface area contributed by atoms with Gasteiger partial charge in [-0.15, -0.1) is 0 Å². The van der Waals surface area contributed by atoms with E-state index in [0.29, 0.717) is 28.9 Å². The third-order valence-electron chi connectivity index (χ3n) is 4.54. The number of fused-ring (bicyclic) bond motifs is 2. The molecule has 28 heavy (non-hydrogen) atoms. The number of nitrogens with one attached hydrogen (secondary N) is 1. The lowest BCUT2D eigenvalue weighted by molar-refractivity contribution is 0.408. The molecule has 0 unspecified atom stereocenters. The number of methoxy groups -OCH3 is 1. The van der Waals surface area contributed by atoms with Crippen molar-refractivity contribution in [2.24, 2.45) is 7.05 Å². The Kier molecular flexibility index (Phi) is 3.68. The fraction of sp³-hybridized carbons (Fsp3) is 0.100. The molecule has 0 radical (unpaired) electrons. The molecule has 0 aliphatic rings. The number of rotatable bonds is 4. The Labute approximate surface area is 159 Å².